The van der Waals surface area contributed by atoms with E-state index in [0.29, 0.717) is 18.1 Å². The van der Waals surface area contributed by atoms with E-state index < -0.39 is 18.6 Å². The van der Waals surface area contributed by atoms with Gasteiger partial charge in [0.25, 0.3) is 0 Å². The first-order valence-electron chi connectivity index (χ1n) is 13.4. The van der Waals surface area contributed by atoms with E-state index >= 15 is 0 Å². The number of rotatable bonds is 5. The highest BCUT2D eigenvalue weighted by molar-refractivity contribution is 6.47. The third-order valence-electron chi connectivity index (χ3n) is 9.02. The summed E-state index contributed by atoms with van der Waals surface area (Å²) in [6.07, 6.45) is 13.6. The average Bonchev–Trinajstić information content (AvgIpc) is 3.08. The number of amidine groups is 1. The molecule has 3 unspecified atom stereocenters. The number of aliphatic hydroxyl groups excluding tert-OH is 1. The van der Waals surface area contributed by atoms with Gasteiger partial charge >= 0.3 is 11.9 Å². The van der Waals surface area contributed by atoms with Gasteiger partial charge in [-0.25, -0.2) is 19.1 Å². The second kappa shape index (κ2) is 9.99. The number of quaternary nitrogens is 1. The lowest BCUT2D eigenvalue weighted by molar-refractivity contribution is -0.139. The number of carboxylic acid groups (broad SMARTS) is 1. The van der Waals surface area contributed by atoms with Crippen molar-refractivity contribution in [2.45, 2.75) is 101 Å². The summed E-state index contributed by atoms with van der Waals surface area (Å²) in [5.41, 5.74) is 1.70. The third kappa shape index (κ3) is 4.41. The second-order valence-corrected chi connectivity index (χ2v) is 11.0. The summed E-state index contributed by atoms with van der Waals surface area (Å²) in [5, 5.41) is 22.0. The van der Waals surface area contributed by atoms with Gasteiger partial charge < -0.3 is 15.5 Å². The zero-order chi connectivity index (χ0) is 24.6. The summed E-state index contributed by atoms with van der Waals surface area (Å²) in [7, 11) is 1.97. The van der Waals surface area contributed by atoms with Gasteiger partial charge in [0.1, 0.15) is 11.7 Å². The van der Waals surface area contributed by atoms with Crippen molar-refractivity contribution in [3.63, 3.8) is 0 Å². The number of carbonyl (C=O) groups is 2. The van der Waals surface area contributed by atoms with Crippen LogP contribution in [0.25, 0.3) is 0 Å². The Morgan fingerprint density at radius 1 is 1.06 bits per heavy atom. The fraction of sp³-hybridized carbons (Fsp3) is 0.667. The number of likely N-dealkylation sites (N-methyl/N-ethyl adjacent to an activating group) is 1. The molecule has 8 nitrogen and oxygen atoms in total. The number of hydrogen-bond acceptors (Lipinski definition) is 5. The quantitative estimate of drug-likeness (QED) is 0.554. The molecule has 3 fully saturated rings. The third-order valence-corrected chi connectivity index (χ3v) is 9.02. The minimum absolute atomic E-state index is 0.0300. The predicted octanol–water partition coefficient (Wildman–Crippen LogP) is 3.53. The summed E-state index contributed by atoms with van der Waals surface area (Å²) in [4.78, 5) is 32.5. The molecule has 0 aromatic heterocycles. The van der Waals surface area contributed by atoms with Crippen molar-refractivity contribution < 1.29 is 19.8 Å². The Labute approximate surface area is 207 Å². The first-order valence-corrected chi connectivity index (χ1v) is 13.4. The Hall–Kier alpha value is -2.29. The second-order valence-electron chi connectivity index (χ2n) is 11.0. The van der Waals surface area contributed by atoms with E-state index in [9.17, 15) is 19.8 Å². The Kier molecular flexibility index (Phi) is 6.97. The molecule has 1 aliphatic carbocycles. The highest BCUT2D eigenvalue weighted by Gasteiger charge is 2.55. The summed E-state index contributed by atoms with van der Waals surface area (Å²) in [5.74, 6) is -1.43. The Bertz CT molecular complexity index is 975. The predicted molar refractivity (Wildman–Crippen MR) is 137 cm³/mol. The smallest absolute Gasteiger partial charge is 0.386 e. The van der Waals surface area contributed by atoms with Crippen LogP contribution in [0.4, 0.5) is 11.4 Å². The standard InChI is InChI=1S/C27H38N4O4/c1-31(21-15-19-13-14-20(16-21)30(19)18-9-5-3-2-4-6-10-18)24-12-8-7-11-22(24)28-25(26(31)33)29-23(17-32)27(34)35/h7-8,11-12,18-21,23,32H,2-6,9-10,13-17H2,1H3,(H-,28,29,34,35)/p+1/t19-,20?,21?,23+,31?/m0/s1. The van der Waals surface area contributed by atoms with Crippen LogP contribution in [0, 0.1) is 0 Å². The van der Waals surface area contributed by atoms with E-state index in [1.165, 1.54) is 57.8 Å². The maximum Gasteiger partial charge on any atom is 0.386 e. The molecular weight excluding hydrogens is 444 g/mol. The number of carbonyl (C=O) groups excluding carboxylic acids is 1. The van der Waals surface area contributed by atoms with Gasteiger partial charge in [0.05, 0.1) is 13.7 Å². The van der Waals surface area contributed by atoms with Gasteiger partial charge in [-0.15, -0.1) is 0 Å². The van der Waals surface area contributed by atoms with Gasteiger partial charge in [0, 0.05) is 37.0 Å². The molecule has 1 saturated carbocycles. The highest BCUT2D eigenvalue weighted by atomic mass is 16.4. The number of fused-ring (bicyclic) bond motifs is 3. The summed E-state index contributed by atoms with van der Waals surface area (Å²) in [6.45, 7) is -0.650. The van der Waals surface area contributed by atoms with Crippen LogP contribution in [-0.2, 0) is 9.59 Å². The molecule has 0 spiro atoms. The van der Waals surface area contributed by atoms with Gasteiger partial charge in [0.15, 0.2) is 11.7 Å². The molecule has 1 aromatic rings. The Morgan fingerprint density at radius 2 is 1.69 bits per heavy atom. The van der Waals surface area contributed by atoms with E-state index in [-0.39, 0.29) is 22.3 Å². The highest BCUT2D eigenvalue weighted by Crippen LogP contribution is 2.46. The maximum absolute atomic E-state index is 14.0. The van der Waals surface area contributed by atoms with Crippen molar-refractivity contribution in [3.8, 4) is 0 Å². The van der Waals surface area contributed by atoms with Gasteiger partial charge in [0.2, 0.25) is 5.84 Å². The number of carboxylic acids is 1. The fourth-order valence-electron chi connectivity index (χ4n) is 7.21. The number of aliphatic hydroxyl groups is 1. The number of amides is 1. The monoisotopic (exact) mass is 483 g/mol. The summed E-state index contributed by atoms with van der Waals surface area (Å²) in [6, 6.07) is 8.19. The molecule has 4 aliphatic rings. The van der Waals surface area contributed by atoms with Crippen LogP contribution in [0.3, 0.4) is 0 Å². The van der Waals surface area contributed by atoms with Crippen molar-refractivity contribution >= 4 is 29.1 Å². The molecule has 5 rings (SSSR count). The number of aliphatic imine (C=N–C) groups is 1. The molecule has 1 aromatic carbocycles. The lowest BCUT2D eigenvalue weighted by Crippen LogP contribution is -2.67. The van der Waals surface area contributed by atoms with E-state index in [1.807, 2.05) is 31.3 Å². The van der Waals surface area contributed by atoms with Gasteiger partial charge in [-0.05, 0) is 31.7 Å². The molecule has 35 heavy (non-hydrogen) atoms. The van der Waals surface area contributed by atoms with Gasteiger partial charge in [-0.3, -0.25) is 4.90 Å². The topological polar surface area (TPSA) is 102 Å². The number of aliphatic carboxylic acids is 1. The van der Waals surface area contributed by atoms with Crippen molar-refractivity contribution in [1.29, 1.82) is 0 Å². The number of piperidine rings is 1. The number of benzene rings is 1. The van der Waals surface area contributed by atoms with Crippen molar-refractivity contribution in [2.75, 3.05) is 19.0 Å². The zero-order valence-electron chi connectivity index (χ0n) is 20.7. The fourth-order valence-corrected chi connectivity index (χ4v) is 7.21. The van der Waals surface area contributed by atoms with Crippen LogP contribution in [0.5, 0.6) is 0 Å². The summed E-state index contributed by atoms with van der Waals surface area (Å²) >= 11 is 0. The van der Waals surface area contributed by atoms with Crippen LogP contribution in [-0.4, -0.2) is 76.7 Å². The van der Waals surface area contributed by atoms with Crippen molar-refractivity contribution in [2.24, 2.45) is 4.99 Å². The molecule has 3 aliphatic heterocycles. The first kappa shape index (κ1) is 24.4. The Balaban J connectivity index is 1.45. The normalized spacial score (nSPS) is 34.1. The van der Waals surface area contributed by atoms with Crippen molar-refractivity contribution in [1.82, 2.24) is 9.38 Å². The summed E-state index contributed by atoms with van der Waals surface area (Å²) < 4.78 is 0.102. The molecule has 5 atom stereocenters. The minimum Gasteiger partial charge on any atom is -0.480 e. The number of nitrogens with zero attached hydrogens (tertiary/aromatic N) is 3. The lowest BCUT2D eigenvalue weighted by Gasteiger charge is -2.49. The van der Waals surface area contributed by atoms with Crippen molar-refractivity contribution in [3.05, 3.63) is 24.3 Å². The average molecular weight is 484 g/mol. The molecule has 3 heterocycles. The van der Waals surface area contributed by atoms with E-state index in [1.54, 1.807) is 0 Å². The number of para-hydroxylation sites is 2. The zero-order valence-corrected chi connectivity index (χ0v) is 20.7. The molecule has 190 valence electrons. The number of anilines is 1. The molecule has 2 bridgehead atoms. The number of nitrogens with one attached hydrogen (secondary N) is 1. The van der Waals surface area contributed by atoms with Crippen LogP contribution in [0.15, 0.2) is 29.3 Å². The van der Waals surface area contributed by atoms with Crippen LogP contribution in [0.1, 0.15) is 70.6 Å². The van der Waals surface area contributed by atoms with Gasteiger partial charge in [-0.2, -0.15) is 0 Å². The largest absolute Gasteiger partial charge is 0.480 e. The van der Waals surface area contributed by atoms with Crippen LogP contribution >= 0.6 is 0 Å². The molecule has 2 saturated heterocycles. The Morgan fingerprint density at radius 3 is 2.31 bits per heavy atom. The molecule has 3 N–H and O–H groups in total. The van der Waals surface area contributed by atoms with E-state index in [2.05, 4.69) is 15.2 Å². The molecule has 1 amide bonds. The molecule has 8 heteroatoms. The lowest BCUT2D eigenvalue weighted by atomic mass is 9.87. The van der Waals surface area contributed by atoms with Crippen LogP contribution in [0.2, 0.25) is 0 Å². The molecule has 0 radical (unpaired) electrons. The van der Waals surface area contributed by atoms with Crippen LogP contribution < -0.4 is 9.80 Å². The van der Waals surface area contributed by atoms with E-state index in [0.717, 1.165) is 24.2 Å². The SMILES string of the molecule is C[N+]1(C2CC3CC[C@@H](C2)N3C2CCCCCCC2)C(=O)C(=N[C@H](CO)C(=O)O)Nc2ccccc21. The van der Waals surface area contributed by atoms with Gasteiger partial charge in [-0.1, -0.05) is 44.2 Å². The molecular formula is C27H39N4O4+. The number of hydrogen-bond donors (Lipinski definition) is 3. The minimum atomic E-state index is -1.36. The maximum atomic E-state index is 14.0. The van der Waals surface area contributed by atoms with E-state index in [4.69, 9.17) is 0 Å². The first-order chi connectivity index (χ1) is 16.9.